The molecule has 1 aromatic carbocycles. The molecule has 0 radical (unpaired) electrons. The van der Waals surface area contributed by atoms with Gasteiger partial charge in [0.15, 0.2) is 0 Å². The molecule has 1 heterocycles. The van der Waals surface area contributed by atoms with Gasteiger partial charge in [0.1, 0.15) is 23.5 Å². The third-order valence-electron chi connectivity index (χ3n) is 3.98. The smallest absolute Gasteiger partial charge is 0.136 e. The van der Waals surface area contributed by atoms with Gasteiger partial charge in [-0.05, 0) is 44.4 Å². The number of Topliss-reactive ketones (excluding diaryl/α,β-unsaturated/α-hetero) is 1. The predicted octanol–water partition coefficient (Wildman–Crippen LogP) is 2.89. The van der Waals surface area contributed by atoms with Crippen LogP contribution in [0.2, 0.25) is 0 Å². The Balaban J connectivity index is 1.72. The lowest BCUT2D eigenvalue weighted by atomic mass is 9.92. The molecule has 1 unspecified atom stereocenters. The molecule has 3 heteroatoms. The summed E-state index contributed by atoms with van der Waals surface area (Å²) in [6.45, 7) is 1.66. The predicted molar refractivity (Wildman–Crippen MR) is 61.5 cm³/mol. The molecule has 0 spiro atoms. The maximum absolute atomic E-state index is 13.1. The zero-order chi connectivity index (χ0) is 12.0. The maximum Gasteiger partial charge on any atom is 0.136 e. The van der Waals surface area contributed by atoms with Gasteiger partial charge in [0.2, 0.25) is 0 Å². The molecule has 1 aromatic rings. The molecule has 0 bridgehead atoms. The zero-order valence-electron chi connectivity index (χ0n) is 9.83. The Morgan fingerprint density at radius 1 is 1.53 bits per heavy atom. The number of ether oxygens (including phenoxy) is 1. The van der Waals surface area contributed by atoms with Crippen LogP contribution in [0.15, 0.2) is 18.2 Å². The van der Waals surface area contributed by atoms with E-state index in [1.807, 2.05) is 0 Å². The molecule has 2 nitrogen and oxygen atoms in total. The number of halogens is 1. The molecule has 1 aliphatic heterocycles. The van der Waals surface area contributed by atoms with Crippen LogP contribution in [0.1, 0.15) is 31.7 Å². The van der Waals surface area contributed by atoms with Crippen LogP contribution in [-0.4, -0.2) is 11.9 Å². The van der Waals surface area contributed by atoms with E-state index in [1.54, 1.807) is 13.0 Å². The van der Waals surface area contributed by atoms with Crippen LogP contribution in [0.3, 0.4) is 0 Å². The Kier molecular flexibility index (Phi) is 2.25. The summed E-state index contributed by atoms with van der Waals surface area (Å²) in [6, 6.07) is 4.62. The monoisotopic (exact) mass is 234 g/mol. The Hall–Kier alpha value is -1.38. The van der Waals surface area contributed by atoms with Crippen molar-refractivity contribution in [3.05, 3.63) is 29.6 Å². The second-order valence-corrected chi connectivity index (χ2v) is 5.24. The van der Waals surface area contributed by atoms with Crippen molar-refractivity contribution < 1.29 is 13.9 Å². The van der Waals surface area contributed by atoms with Gasteiger partial charge < -0.3 is 4.74 Å². The van der Waals surface area contributed by atoms with Crippen molar-refractivity contribution >= 4 is 5.78 Å². The van der Waals surface area contributed by atoms with E-state index < -0.39 is 0 Å². The van der Waals surface area contributed by atoms with Crippen LogP contribution in [0, 0.1) is 11.2 Å². The molecule has 1 atom stereocenters. The van der Waals surface area contributed by atoms with Crippen molar-refractivity contribution in [2.45, 2.75) is 38.7 Å². The third kappa shape index (κ3) is 1.84. The summed E-state index contributed by atoms with van der Waals surface area (Å²) in [4.78, 5) is 11.5. The molecule has 0 saturated heterocycles. The molecule has 0 N–H and O–H groups in total. The van der Waals surface area contributed by atoms with Crippen LogP contribution < -0.4 is 4.74 Å². The summed E-state index contributed by atoms with van der Waals surface area (Å²) in [5.41, 5.74) is 0.792. The van der Waals surface area contributed by atoms with Crippen molar-refractivity contribution in [3.8, 4) is 5.75 Å². The summed E-state index contributed by atoms with van der Waals surface area (Å²) < 4.78 is 18.8. The number of carbonyl (C=O) groups is 1. The van der Waals surface area contributed by atoms with E-state index >= 15 is 0 Å². The van der Waals surface area contributed by atoms with E-state index in [1.165, 1.54) is 12.1 Å². The van der Waals surface area contributed by atoms with Crippen LogP contribution in [0.4, 0.5) is 4.39 Å². The number of rotatable bonds is 3. The molecule has 90 valence electrons. The highest BCUT2D eigenvalue weighted by molar-refractivity contribution is 5.85. The van der Waals surface area contributed by atoms with Crippen LogP contribution >= 0.6 is 0 Å². The molecule has 1 saturated carbocycles. The fourth-order valence-electron chi connectivity index (χ4n) is 2.69. The molecular weight excluding hydrogens is 219 g/mol. The first kappa shape index (κ1) is 10.8. The average molecular weight is 234 g/mol. The van der Waals surface area contributed by atoms with Crippen molar-refractivity contribution in [1.82, 2.24) is 0 Å². The van der Waals surface area contributed by atoms with Gasteiger partial charge in [0.25, 0.3) is 0 Å². The summed E-state index contributed by atoms with van der Waals surface area (Å²) in [5.74, 6) is 0.819. The highest BCUT2D eigenvalue weighted by Crippen LogP contribution is 2.51. The Bertz CT molecular complexity index is 477. The van der Waals surface area contributed by atoms with Crippen molar-refractivity contribution in [2.24, 2.45) is 5.41 Å². The number of ketones is 1. The second-order valence-electron chi connectivity index (χ2n) is 5.24. The van der Waals surface area contributed by atoms with E-state index in [9.17, 15) is 9.18 Å². The van der Waals surface area contributed by atoms with Gasteiger partial charge >= 0.3 is 0 Å². The minimum atomic E-state index is -0.222. The Labute approximate surface area is 99.8 Å². The normalized spacial score (nSPS) is 24.0. The van der Waals surface area contributed by atoms with Gasteiger partial charge in [-0.3, -0.25) is 4.79 Å². The van der Waals surface area contributed by atoms with E-state index in [2.05, 4.69) is 0 Å². The van der Waals surface area contributed by atoms with E-state index in [-0.39, 0.29) is 23.1 Å². The topological polar surface area (TPSA) is 26.3 Å². The Morgan fingerprint density at radius 3 is 2.94 bits per heavy atom. The third-order valence-corrected chi connectivity index (χ3v) is 3.98. The SMILES string of the molecule is CC(=O)C1(CC2Cc3cc(F)ccc3O2)CC1. The van der Waals surface area contributed by atoms with Crippen LogP contribution in [0.5, 0.6) is 5.75 Å². The van der Waals surface area contributed by atoms with Gasteiger partial charge in [-0.2, -0.15) is 0 Å². The number of carbonyl (C=O) groups excluding carboxylic acids is 1. The molecule has 1 aliphatic carbocycles. The molecule has 0 amide bonds. The van der Waals surface area contributed by atoms with Gasteiger partial charge in [-0.15, -0.1) is 0 Å². The minimum absolute atomic E-state index is 0.0400. The van der Waals surface area contributed by atoms with Gasteiger partial charge in [0.05, 0.1) is 0 Å². The second kappa shape index (κ2) is 3.56. The largest absolute Gasteiger partial charge is 0.490 e. The standard InChI is InChI=1S/C14H15FO2/c1-9(16)14(4-5-14)8-12-7-10-6-11(15)2-3-13(10)17-12/h2-3,6,12H,4-5,7-8H2,1H3. The van der Waals surface area contributed by atoms with E-state index in [0.717, 1.165) is 37.0 Å². The molecule has 1 fully saturated rings. The average Bonchev–Trinajstić information content (AvgIpc) is 2.93. The fourth-order valence-corrected chi connectivity index (χ4v) is 2.69. The number of hydrogen-bond acceptors (Lipinski definition) is 2. The summed E-state index contributed by atoms with van der Waals surface area (Å²) in [5, 5.41) is 0. The lowest BCUT2D eigenvalue weighted by Crippen LogP contribution is -2.23. The first-order chi connectivity index (χ1) is 8.09. The van der Waals surface area contributed by atoms with Gasteiger partial charge in [0, 0.05) is 17.4 Å². The molecule has 0 aromatic heterocycles. The van der Waals surface area contributed by atoms with Crippen LogP contribution in [-0.2, 0) is 11.2 Å². The molecular formula is C14H15FO2. The summed E-state index contributed by atoms with van der Waals surface area (Å²) in [6.07, 6.45) is 3.50. The van der Waals surface area contributed by atoms with E-state index in [4.69, 9.17) is 4.74 Å². The van der Waals surface area contributed by atoms with Crippen molar-refractivity contribution in [1.29, 1.82) is 0 Å². The summed E-state index contributed by atoms with van der Waals surface area (Å²) >= 11 is 0. The van der Waals surface area contributed by atoms with E-state index in [0.29, 0.717) is 0 Å². The van der Waals surface area contributed by atoms with Gasteiger partial charge in [-0.25, -0.2) is 4.39 Å². The minimum Gasteiger partial charge on any atom is -0.490 e. The lowest BCUT2D eigenvalue weighted by Gasteiger charge is -2.16. The highest BCUT2D eigenvalue weighted by Gasteiger charge is 2.49. The quantitative estimate of drug-likeness (QED) is 0.803. The zero-order valence-corrected chi connectivity index (χ0v) is 9.83. The molecule has 2 aliphatic rings. The first-order valence-electron chi connectivity index (χ1n) is 6.05. The number of benzene rings is 1. The Morgan fingerprint density at radius 2 is 2.29 bits per heavy atom. The lowest BCUT2D eigenvalue weighted by molar-refractivity contribution is -0.122. The maximum atomic E-state index is 13.1. The highest BCUT2D eigenvalue weighted by atomic mass is 19.1. The van der Waals surface area contributed by atoms with Gasteiger partial charge in [-0.1, -0.05) is 0 Å². The first-order valence-corrected chi connectivity index (χ1v) is 6.05. The number of fused-ring (bicyclic) bond motifs is 1. The molecule has 3 rings (SSSR count). The van der Waals surface area contributed by atoms with Crippen molar-refractivity contribution in [3.63, 3.8) is 0 Å². The molecule has 17 heavy (non-hydrogen) atoms. The summed E-state index contributed by atoms with van der Waals surface area (Å²) in [7, 11) is 0. The number of hydrogen-bond donors (Lipinski definition) is 0. The van der Waals surface area contributed by atoms with Crippen LogP contribution in [0.25, 0.3) is 0 Å². The fraction of sp³-hybridized carbons (Fsp3) is 0.500. The van der Waals surface area contributed by atoms with Crippen molar-refractivity contribution in [2.75, 3.05) is 0 Å².